The minimum atomic E-state index is -1.37. The number of fused-ring (bicyclic) bond motifs is 1. The lowest BCUT2D eigenvalue weighted by Gasteiger charge is -2.20. The van der Waals surface area contributed by atoms with Gasteiger partial charge >= 0.3 is 0 Å². The fraction of sp³-hybridized carbons (Fsp3) is 0.346. The van der Waals surface area contributed by atoms with Crippen LogP contribution in [0.3, 0.4) is 0 Å². The van der Waals surface area contributed by atoms with Crippen LogP contribution in [0.5, 0.6) is 0 Å². The fourth-order valence-corrected chi connectivity index (χ4v) is 4.09. The largest absolute Gasteiger partial charge is 0.386 e. The zero-order valence-electron chi connectivity index (χ0n) is 19.8. The Kier molecular flexibility index (Phi) is 6.12. The lowest BCUT2D eigenvalue weighted by Crippen LogP contribution is -2.26. The van der Waals surface area contributed by atoms with Gasteiger partial charge in [-0.05, 0) is 81.1 Å². The number of nitrogens with one attached hydrogen (secondary N) is 4. The maximum Gasteiger partial charge on any atom is 0.256 e. The van der Waals surface area contributed by atoms with E-state index in [1.165, 1.54) is 43.3 Å². The summed E-state index contributed by atoms with van der Waals surface area (Å²) >= 11 is 0. The minimum Gasteiger partial charge on any atom is -0.386 e. The first-order chi connectivity index (χ1) is 16.8. The number of rotatable bonds is 7. The van der Waals surface area contributed by atoms with Crippen LogP contribution in [0.2, 0.25) is 0 Å². The monoisotopic (exact) mass is 476 g/mol. The van der Waals surface area contributed by atoms with Gasteiger partial charge in [0.15, 0.2) is 0 Å². The molecule has 1 amide bonds. The van der Waals surface area contributed by atoms with E-state index in [9.17, 15) is 14.3 Å². The van der Waals surface area contributed by atoms with Crippen molar-refractivity contribution in [2.75, 3.05) is 17.2 Å². The Bertz CT molecular complexity index is 1270. The van der Waals surface area contributed by atoms with Gasteiger partial charge in [-0.2, -0.15) is 4.98 Å². The highest BCUT2D eigenvalue weighted by molar-refractivity contribution is 5.99. The molecule has 2 aliphatic rings. The molecule has 1 aliphatic carbocycles. The van der Waals surface area contributed by atoms with Crippen LogP contribution in [0.4, 0.5) is 27.5 Å². The molecule has 2 aromatic carbocycles. The first kappa shape index (κ1) is 23.2. The number of aromatic nitrogens is 2. The summed E-state index contributed by atoms with van der Waals surface area (Å²) in [5.74, 6) is -0.166. The Morgan fingerprint density at radius 1 is 1.11 bits per heavy atom. The predicted octanol–water partition coefficient (Wildman–Crippen LogP) is 3.87. The number of carbonyl (C=O) groups is 1. The Morgan fingerprint density at radius 3 is 2.66 bits per heavy atom. The average molecular weight is 477 g/mol. The Labute approximate surface area is 203 Å². The third-order valence-electron chi connectivity index (χ3n) is 6.18. The number of benzene rings is 2. The van der Waals surface area contributed by atoms with Crippen LogP contribution in [0.1, 0.15) is 53.7 Å². The highest BCUT2D eigenvalue weighted by Crippen LogP contribution is 2.29. The van der Waals surface area contributed by atoms with Crippen molar-refractivity contribution in [3.8, 4) is 0 Å². The van der Waals surface area contributed by atoms with E-state index in [0.29, 0.717) is 11.6 Å². The van der Waals surface area contributed by atoms with E-state index in [2.05, 4.69) is 43.4 Å². The SMILES string of the molecule is CC(C)(O)c1cc(Nc2nc(Nc3ccc4c(c3)CCNC4)ncc2C(=O)NC2CC2)ccc1F. The molecule has 0 spiro atoms. The van der Waals surface area contributed by atoms with Gasteiger partial charge < -0.3 is 26.4 Å². The van der Waals surface area contributed by atoms with Crippen molar-refractivity contribution in [2.45, 2.75) is 51.3 Å². The lowest BCUT2D eigenvalue weighted by atomic mass is 9.97. The number of hydrogen-bond acceptors (Lipinski definition) is 7. The molecule has 2 heterocycles. The third kappa shape index (κ3) is 5.41. The summed E-state index contributed by atoms with van der Waals surface area (Å²) in [5, 5.41) is 23.0. The molecular weight excluding hydrogens is 447 g/mol. The zero-order valence-corrected chi connectivity index (χ0v) is 19.8. The topological polar surface area (TPSA) is 111 Å². The summed E-state index contributed by atoms with van der Waals surface area (Å²) < 4.78 is 14.3. The van der Waals surface area contributed by atoms with Crippen LogP contribution in [0, 0.1) is 5.82 Å². The molecule has 1 saturated carbocycles. The van der Waals surface area contributed by atoms with Crippen molar-refractivity contribution in [3.63, 3.8) is 0 Å². The summed E-state index contributed by atoms with van der Waals surface area (Å²) in [6, 6.07) is 10.7. The molecule has 0 saturated heterocycles. The van der Waals surface area contributed by atoms with E-state index in [1.807, 2.05) is 6.07 Å². The van der Waals surface area contributed by atoms with E-state index in [1.54, 1.807) is 6.07 Å². The van der Waals surface area contributed by atoms with E-state index in [4.69, 9.17) is 0 Å². The number of hydrogen-bond donors (Lipinski definition) is 5. The standard InChI is InChI=1S/C26H29FN6O2/c1-26(2,35)21-12-19(7-8-22(21)27)30-23-20(24(34)31-17-5-6-17)14-29-25(33-23)32-18-4-3-16-13-28-10-9-15(16)11-18/h3-4,7-8,11-12,14,17,28,35H,5-6,9-10,13H2,1-2H3,(H,31,34)(H2,29,30,32,33). The van der Waals surface area contributed by atoms with Crippen molar-refractivity contribution in [2.24, 2.45) is 0 Å². The molecule has 1 aliphatic heterocycles. The predicted molar refractivity (Wildman–Crippen MR) is 133 cm³/mol. The lowest BCUT2D eigenvalue weighted by molar-refractivity contribution is 0.0746. The molecule has 3 aromatic rings. The van der Waals surface area contributed by atoms with Crippen molar-refractivity contribution < 1.29 is 14.3 Å². The number of amides is 1. The van der Waals surface area contributed by atoms with Crippen molar-refractivity contribution in [1.29, 1.82) is 0 Å². The molecule has 5 rings (SSSR count). The molecule has 35 heavy (non-hydrogen) atoms. The fourth-order valence-electron chi connectivity index (χ4n) is 4.09. The molecule has 1 fully saturated rings. The summed E-state index contributed by atoms with van der Waals surface area (Å²) in [5.41, 5.74) is 2.96. The smallest absolute Gasteiger partial charge is 0.256 e. The summed E-state index contributed by atoms with van der Waals surface area (Å²) in [6.07, 6.45) is 4.34. The second-order valence-electron chi connectivity index (χ2n) is 9.62. The van der Waals surface area contributed by atoms with E-state index < -0.39 is 11.4 Å². The highest BCUT2D eigenvalue weighted by Gasteiger charge is 2.26. The van der Waals surface area contributed by atoms with Gasteiger partial charge in [-0.25, -0.2) is 9.37 Å². The summed E-state index contributed by atoms with van der Waals surface area (Å²) in [6.45, 7) is 4.83. The van der Waals surface area contributed by atoms with Crippen molar-refractivity contribution in [3.05, 3.63) is 70.7 Å². The van der Waals surface area contributed by atoms with Gasteiger partial charge in [-0.15, -0.1) is 0 Å². The van der Waals surface area contributed by atoms with Gasteiger partial charge in [0.1, 0.15) is 17.2 Å². The molecule has 5 N–H and O–H groups in total. The second-order valence-corrected chi connectivity index (χ2v) is 9.62. The minimum absolute atomic E-state index is 0.141. The van der Waals surface area contributed by atoms with Gasteiger partial charge in [0.05, 0.1) is 5.60 Å². The van der Waals surface area contributed by atoms with Crippen molar-refractivity contribution >= 4 is 29.0 Å². The van der Waals surface area contributed by atoms with Crippen LogP contribution in [0.15, 0.2) is 42.6 Å². The number of carbonyl (C=O) groups excluding carboxylic acids is 1. The van der Waals surface area contributed by atoms with Crippen LogP contribution < -0.4 is 21.3 Å². The summed E-state index contributed by atoms with van der Waals surface area (Å²) in [7, 11) is 0. The van der Waals surface area contributed by atoms with Crippen LogP contribution in [0.25, 0.3) is 0 Å². The molecule has 0 bridgehead atoms. The van der Waals surface area contributed by atoms with E-state index in [-0.39, 0.29) is 28.9 Å². The first-order valence-corrected chi connectivity index (χ1v) is 11.8. The van der Waals surface area contributed by atoms with Gasteiger partial charge in [0.25, 0.3) is 5.91 Å². The molecule has 182 valence electrons. The molecule has 9 heteroatoms. The van der Waals surface area contributed by atoms with Crippen LogP contribution in [-0.2, 0) is 18.6 Å². The second kappa shape index (κ2) is 9.24. The van der Waals surface area contributed by atoms with Gasteiger partial charge in [-0.3, -0.25) is 4.79 Å². The first-order valence-electron chi connectivity index (χ1n) is 11.8. The highest BCUT2D eigenvalue weighted by atomic mass is 19.1. The summed E-state index contributed by atoms with van der Waals surface area (Å²) in [4.78, 5) is 21.8. The number of aliphatic hydroxyl groups is 1. The van der Waals surface area contributed by atoms with E-state index in [0.717, 1.165) is 38.0 Å². The van der Waals surface area contributed by atoms with Gasteiger partial charge in [0.2, 0.25) is 5.95 Å². The molecule has 1 aromatic heterocycles. The quantitative estimate of drug-likeness (QED) is 0.352. The maximum absolute atomic E-state index is 14.3. The number of anilines is 4. The van der Waals surface area contributed by atoms with Gasteiger partial charge in [-0.1, -0.05) is 6.07 Å². The van der Waals surface area contributed by atoms with Crippen LogP contribution >= 0.6 is 0 Å². The van der Waals surface area contributed by atoms with Gasteiger partial charge in [0, 0.05) is 35.7 Å². The molecule has 0 atom stereocenters. The Morgan fingerprint density at radius 2 is 1.89 bits per heavy atom. The normalized spacial score (nSPS) is 15.3. The maximum atomic E-state index is 14.3. The molecule has 0 radical (unpaired) electrons. The molecular formula is C26H29FN6O2. The van der Waals surface area contributed by atoms with Crippen molar-refractivity contribution in [1.82, 2.24) is 20.6 Å². The molecule has 8 nitrogen and oxygen atoms in total. The third-order valence-corrected chi connectivity index (χ3v) is 6.18. The average Bonchev–Trinajstić information content (AvgIpc) is 3.63. The van der Waals surface area contributed by atoms with Crippen LogP contribution in [-0.4, -0.2) is 33.6 Å². The zero-order chi connectivity index (χ0) is 24.6. The molecule has 0 unspecified atom stereocenters. The number of nitrogens with zero attached hydrogens (tertiary/aromatic N) is 2. The number of halogens is 1. The Hall–Kier alpha value is -3.56. The Balaban J connectivity index is 1.45. The van der Waals surface area contributed by atoms with E-state index >= 15 is 0 Å².